The second kappa shape index (κ2) is 7.22. The molecule has 0 aliphatic rings. The summed E-state index contributed by atoms with van der Waals surface area (Å²) in [5.74, 6) is 0.133. The van der Waals surface area contributed by atoms with Gasteiger partial charge in [0.1, 0.15) is 5.76 Å². The molecule has 1 N–H and O–H groups in total. The molecule has 0 bridgehead atoms. The number of nitrogens with one attached hydrogen (secondary N) is 1. The number of nitrogens with zero attached hydrogens (tertiary/aromatic N) is 2. The van der Waals surface area contributed by atoms with Crippen LogP contribution in [-0.4, -0.2) is 43.3 Å². The van der Waals surface area contributed by atoms with Crippen LogP contribution in [0, 0.1) is 0 Å². The predicted octanol–water partition coefficient (Wildman–Crippen LogP) is -3.04. The Balaban J connectivity index is 0.00000289. The summed E-state index contributed by atoms with van der Waals surface area (Å²) in [5, 5.41) is 3.44. The quantitative estimate of drug-likeness (QED) is 0.208. The van der Waals surface area contributed by atoms with Crippen molar-refractivity contribution >= 4 is 33.7 Å². The van der Waals surface area contributed by atoms with Gasteiger partial charge in [-0.15, -0.1) is 0 Å². The minimum Gasteiger partial charge on any atom is -0.742 e. The van der Waals surface area contributed by atoms with E-state index in [4.69, 9.17) is 16.6 Å². The summed E-state index contributed by atoms with van der Waals surface area (Å²) in [4.78, 5) is 1.63. The molecule has 18 heavy (non-hydrogen) atoms. The third-order valence-corrected chi connectivity index (χ3v) is 2.78. The monoisotopic (exact) mass is 299 g/mol. The predicted molar refractivity (Wildman–Crippen MR) is 63.7 cm³/mol. The second-order valence-corrected chi connectivity index (χ2v) is 4.88. The number of hydrogen-bond acceptors (Lipinski definition) is 6. The standard InChI is InChI=1S/C8H11N3O4S2.Na/c1-11(2)8(16)10-9-5-6-3-4-7(15-6)17(12,13)14;/h3-5H,1-2H3,(H,10,16)(H,12,13,14);/q;+1/p-1/b9-5-;. The molecule has 1 aromatic heterocycles. The Morgan fingerprint density at radius 3 is 2.61 bits per heavy atom. The summed E-state index contributed by atoms with van der Waals surface area (Å²) in [6.07, 6.45) is 1.21. The van der Waals surface area contributed by atoms with E-state index in [1.54, 1.807) is 19.0 Å². The van der Waals surface area contributed by atoms with Crippen molar-refractivity contribution in [3.05, 3.63) is 17.9 Å². The molecule has 0 radical (unpaired) electrons. The molecule has 0 aromatic carbocycles. The van der Waals surface area contributed by atoms with Crippen LogP contribution in [0.5, 0.6) is 0 Å². The Bertz CT molecular complexity index is 538. The van der Waals surface area contributed by atoms with E-state index in [1.165, 1.54) is 12.3 Å². The average Bonchev–Trinajstić information content (AvgIpc) is 2.65. The van der Waals surface area contributed by atoms with Crippen molar-refractivity contribution in [3.8, 4) is 0 Å². The van der Waals surface area contributed by atoms with Crippen molar-refractivity contribution in [3.63, 3.8) is 0 Å². The van der Waals surface area contributed by atoms with Gasteiger partial charge in [0, 0.05) is 14.1 Å². The first-order valence-electron chi connectivity index (χ1n) is 4.37. The van der Waals surface area contributed by atoms with Crippen LogP contribution in [0.15, 0.2) is 26.7 Å². The summed E-state index contributed by atoms with van der Waals surface area (Å²) in [7, 11) is -1.10. The molecule has 1 aromatic rings. The van der Waals surface area contributed by atoms with Crippen LogP contribution in [-0.2, 0) is 10.1 Å². The second-order valence-electron chi connectivity index (χ2n) is 3.18. The third-order valence-electron chi connectivity index (χ3n) is 1.61. The van der Waals surface area contributed by atoms with Gasteiger partial charge >= 0.3 is 29.6 Å². The summed E-state index contributed by atoms with van der Waals surface area (Å²) in [6.45, 7) is 0. The number of hydrazone groups is 1. The van der Waals surface area contributed by atoms with Crippen molar-refractivity contribution in [2.45, 2.75) is 5.09 Å². The van der Waals surface area contributed by atoms with E-state index in [0.29, 0.717) is 5.11 Å². The third kappa shape index (κ3) is 5.46. The number of hydrogen-bond donors (Lipinski definition) is 1. The summed E-state index contributed by atoms with van der Waals surface area (Å²) < 4.78 is 36.5. The van der Waals surface area contributed by atoms with Gasteiger partial charge in [-0.05, 0) is 24.4 Å². The molecule has 1 rings (SSSR count). The molecule has 0 aliphatic heterocycles. The van der Waals surface area contributed by atoms with E-state index in [2.05, 4.69) is 10.5 Å². The summed E-state index contributed by atoms with van der Waals surface area (Å²) >= 11 is 4.88. The molecule has 7 nitrogen and oxygen atoms in total. The Morgan fingerprint density at radius 1 is 1.56 bits per heavy atom. The van der Waals surface area contributed by atoms with E-state index < -0.39 is 15.2 Å². The summed E-state index contributed by atoms with van der Waals surface area (Å²) in [5.41, 5.74) is 2.52. The molecule has 1 heterocycles. The Kier molecular flexibility index (Phi) is 7.04. The number of furan rings is 1. The smallest absolute Gasteiger partial charge is 0.742 e. The van der Waals surface area contributed by atoms with Crippen molar-refractivity contribution in [2.75, 3.05) is 14.1 Å². The van der Waals surface area contributed by atoms with E-state index in [9.17, 15) is 13.0 Å². The Morgan fingerprint density at radius 2 is 2.17 bits per heavy atom. The van der Waals surface area contributed by atoms with Crippen LogP contribution in [0.2, 0.25) is 0 Å². The first kappa shape index (κ1) is 17.6. The van der Waals surface area contributed by atoms with Crippen LogP contribution in [0.4, 0.5) is 0 Å². The van der Waals surface area contributed by atoms with E-state index in [1.807, 2.05) is 0 Å². The molecular formula is C8H10N3NaO4S2. The molecule has 0 aliphatic carbocycles. The Labute approximate surface area is 132 Å². The van der Waals surface area contributed by atoms with E-state index in [0.717, 1.165) is 6.07 Å². The topological polar surface area (TPSA) is 98.0 Å². The Hall–Kier alpha value is -0.450. The van der Waals surface area contributed by atoms with E-state index >= 15 is 0 Å². The molecule has 0 saturated carbocycles. The van der Waals surface area contributed by atoms with Gasteiger partial charge in [0.25, 0.3) is 0 Å². The first-order chi connectivity index (χ1) is 7.80. The molecule has 0 fully saturated rings. The molecule has 0 unspecified atom stereocenters. The van der Waals surface area contributed by atoms with Gasteiger partial charge < -0.3 is 13.9 Å². The minimum atomic E-state index is -4.57. The molecule has 0 spiro atoms. The fourth-order valence-corrected chi connectivity index (χ4v) is 1.27. The maximum absolute atomic E-state index is 10.6. The summed E-state index contributed by atoms with van der Waals surface area (Å²) in [6, 6.07) is 2.38. The molecule has 0 saturated heterocycles. The van der Waals surface area contributed by atoms with Gasteiger partial charge in [-0.3, -0.25) is 5.43 Å². The van der Waals surface area contributed by atoms with Crippen LogP contribution in [0.25, 0.3) is 0 Å². The van der Waals surface area contributed by atoms with Gasteiger partial charge in [0.15, 0.2) is 15.2 Å². The zero-order valence-corrected chi connectivity index (χ0v) is 13.7. The number of thiocarbonyl (C=S) groups is 1. The largest absolute Gasteiger partial charge is 1.00 e. The van der Waals surface area contributed by atoms with Crippen molar-refractivity contribution < 1.29 is 46.9 Å². The minimum absolute atomic E-state index is 0. The SMILES string of the molecule is CN(C)C(=S)N/N=C\c1ccc(S(=O)(=O)[O-])o1.[Na+]. The zero-order valence-electron chi connectivity index (χ0n) is 10.1. The van der Waals surface area contributed by atoms with Crippen LogP contribution < -0.4 is 35.0 Å². The first-order valence-corrected chi connectivity index (χ1v) is 6.18. The van der Waals surface area contributed by atoms with Crippen molar-refractivity contribution in [1.82, 2.24) is 10.3 Å². The normalized spacial score (nSPS) is 11.1. The maximum atomic E-state index is 10.6. The molecule has 94 valence electrons. The fourth-order valence-electron chi connectivity index (χ4n) is 0.789. The average molecular weight is 299 g/mol. The number of rotatable bonds is 3. The maximum Gasteiger partial charge on any atom is 1.00 e. The van der Waals surface area contributed by atoms with Crippen LogP contribution in [0.1, 0.15) is 5.76 Å². The van der Waals surface area contributed by atoms with Crippen LogP contribution >= 0.6 is 12.2 Å². The van der Waals surface area contributed by atoms with Gasteiger partial charge in [-0.2, -0.15) is 5.10 Å². The van der Waals surface area contributed by atoms with Gasteiger partial charge in [-0.25, -0.2) is 8.42 Å². The van der Waals surface area contributed by atoms with Crippen molar-refractivity contribution in [1.29, 1.82) is 0 Å². The fraction of sp³-hybridized carbons (Fsp3) is 0.250. The molecular weight excluding hydrogens is 289 g/mol. The van der Waals surface area contributed by atoms with Gasteiger partial charge in [-0.1, -0.05) is 0 Å². The van der Waals surface area contributed by atoms with Gasteiger partial charge in [0.2, 0.25) is 5.09 Å². The zero-order chi connectivity index (χ0) is 13.1. The molecule has 0 atom stereocenters. The van der Waals surface area contributed by atoms with Crippen molar-refractivity contribution in [2.24, 2.45) is 5.10 Å². The van der Waals surface area contributed by atoms with Crippen LogP contribution in [0.3, 0.4) is 0 Å². The molecule has 0 amide bonds. The van der Waals surface area contributed by atoms with E-state index in [-0.39, 0.29) is 35.3 Å². The molecule has 10 heteroatoms. The van der Waals surface area contributed by atoms with Gasteiger partial charge in [0.05, 0.1) is 6.21 Å².